The number of hydrogen-bond acceptors (Lipinski definition) is 8. The Hall–Kier alpha value is -3.51. The van der Waals surface area contributed by atoms with Gasteiger partial charge in [0.2, 0.25) is 0 Å². The minimum absolute atomic E-state index is 0.0273. The van der Waals surface area contributed by atoms with Gasteiger partial charge in [0.05, 0.1) is 24.8 Å². The van der Waals surface area contributed by atoms with Crippen LogP contribution in [0.2, 0.25) is 0 Å². The van der Waals surface area contributed by atoms with Gasteiger partial charge in [0.25, 0.3) is 6.47 Å². The molecule has 12 heteroatoms. The number of aromatic hydroxyl groups is 1. The Morgan fingerprint density at radius 3 is 2.72 bits per heavy atom. The first-order valence-corrected chi connectivity index (χ1v) is 9.49. The molecule has 0 radical (unpaired) electrons. The lowest BCUT2D eigenvalue weighted by atomic mass is 10.0. The standard InChI is InChI=1S/C19H18F3N5O2.CH2O2/c20-19(21,22)11-1-2-14(16(28)7-11)17-13-3-4-23-9-15(13)18(27-26-17)25-12-8-24-5-6-29-10-12;2-1-3/h1-4,7,9,12,24,28H,5-6,8,10H2,(H,25,27);1H,(H,2,3). The Kier molecular flexibility index (Phi) is 7.38. The Morgan fingerprint density at radius 2 is 2.00 bits per heavy atom. The summed E-state index contributed by atoms with van der Waals surface area (Å²) in [5.74, 6) is -0.0325. The van der Waals surface area contributed by atoms with Crippen LogP contribution in [0.15, 0.2) is 36.7 Å². The second-order valence-corrected chi connectivity index (χ2v) is 6.77. The first kappa shape index (κ1) is 23.2. The van der Waals surface area contributed by atoms with E-state index in [1.165, 1.54) is 6.07 Å². The molecule has 1 aliphatic heterocycles. The number of nitrogens with one attached hydrogen (secondary N) is 2. The van der Waals surface area contributed by atoms with E-state index in [0.717, 1.165) is 12.6 Å². The maximum absolute atomic E-state index is 12.9. The van der Waals surface area contributed by atoms with Crippen molar-refractivity contribution in [3.63, 3.8) is 0 Å². The number of nitrogens with zero attached hydrogens (tertiary/aromatic N) is 3. The number of fused-ring (bicyclic) bond motifs is 1. The van der Waals surface area contributed by atoms with Gasteiger partial charge >= 0.3 is 6.18 Å². The monoisotopic (exact) mass is 451 g/mol. The predicted molar refractivity (Wildman–Crippen MR) is 109 cm³/mol. The summed E-state index contributed by atoms with van der Waals surface area (Å²) < 4.78 is 44.2. The van der Waals surface area contributed by atoms with Crippen molar-refractivity contribution in [2.45, 2.75) is 12.2 Å². The van der Waals surface area contributed by atoms with E-state index in [1.807, 2.05) is 0 Å². The summed E-state index contributed by atoms with van der Waals surface area (Å²) in [6.45, 7) is 2.32. The molecule has 1 aliphatic rings. The Morgan fingerprint density at radius 1 is 1.22 bits per heavy atom. The zero-order chi connectivity index (χ0) is 23.1. The van der Waals surface area contributed by atoms with Gasteiger partial charge < -0.3 is 25.6 Å². The van der Waals surface area contributed by atoms with Crippen LogP contribution in [0.25, 0.3) is 22.0 Å². The van der Waals surface area contributed by atoms with Crippen LogP contribution in [0, 0.1) is 0 Å². The molecule has 0 spiro atoms. The first-order chi connectivity index (χ1) is 15.3. The van der Waals surface area contributed by atoms with Crippen molar-refractivity contribution >= 4 is 23.1 Å². The molecule has 4 rings (SSSR count). The average molecular weight is 451 g/mol. The minimum Gasteiger partial charge on any atom is -0.507 e. The van der Waals surface area contributed by atoms with Crippen LogP contribution >= 0.6 is 0 Å². The molecule has 0 aliphatic carbocycles. The lowest BCUT2D eigenvalue weighted by molar-refractivity contribution is -0.137. The first-order valence-electron chi connectivity index (χ1n) is 9.49. The fourth-order valence-corrected chi connectivity index (χ4v) is 3.20. The molecule has 4 N–H and O–H groups in total. The lowest BCUT2D eigenvalue weighted by Gasteiger charge is -2.18. The summed E-state index contributed by atoms with van der Waals surface area (Å²) in [5.41, 5.74) is -0.501. The molecule has 2 aromatic heterocycles. The van der Waals surface area contributed by atoms with Gasteiger partial charge in [0, 0.05) is 41.8 Å². The number of phenolic OH excluding ortho intramolecular Hbond substituents is 1. The summed E-state index contributed by atoms with van der Waals surface area (Å²) in [4.78, 5) is 12.5. The van der Waals surface area contributed by atoms with Crippen molar-refractivity contribution in [2.24, 2.45) is 0 Å². The smallest absolute Gasteiger partial charge is 0.416 e. The molecule has 1 fully saturated rings. The summed E-state index contributed by atoms with van der Waals surface area (Å²) in [5, 5.41) is 33.2. The van der Waals surface area contributed by atoms with Crippen molar-refractivity contribution in [2.75, 3.05) is 31.6 Å². The molecule has 1 atom stereocenters. The van der Waals surface area contributed by atoms with Crippen LogP contribution in [-0.2, 0) is 15.7 Å². The van der Waals surface area contributed by atoms with Gasteiger partial charge in [-0.25, -0.2) is 0 Å². The van der Waals surface area contributed by atoms with E-state index in [4.69, 9.17) is 14.6 Å². The molecule has 170 valence electrons. The number of rotatable bonds is 3. The average Bonchev–Trinajstić information content (AvgIpc) is 3.03. The molecule has 0 bridgehead atoms. The molecule has 3 aromatic rings. The second-order valence-electron chi connectivity index (χ2n) is 6.77. The third-order valence-corrected chi connectivity index (χ3v) is 4.64. The van der Waals surface area contributed by atoms with E-state index >= 15 is 0 Å². The molecular weight excluding hydrogens is 431 g/mol. The van der Waals surface area contributed by atoms with Gasteiger partial charge in [-0.1, -0.05) is 0 Å². The molecule has 0 saturated carbocycles. The number of hydrogen-bond donors (Lipinski definition) is 4. The molecule has 32 heavy (non-hydrogen) atoms. The van der Waals surface area contributed by atoms with Gasteiger partial charge in [-0.3, -0.25) is 9.78 Å². The Labute approximate surface area is 180 Å². The van der Waals surface area contributed by atoms with Gasteiger partial charge in [-0.2, -0.15) is 13.2 Å². The van der Waals surface area contributed by atoms with Crippen LogP contribution in [0.4, 0.5) is 19.0 Å². The van der Waals surface area contributed by atoms with E-state index in [0.29, 0.717) is 42.4 Å². The number of carbonyl (C=O) groups is 1. The van der Waals surface area contributed by atoms with E-state index in [9.17, 15) is 18.3 Å². The molecule has 1 saturated heterocycles. The minimum atomic E-state index is -4.55. The predicted octanol–water partition coefficient (Wildman–Crippen LogP) is 2.52. The second kappa shape index (κ2) is 10.2. The van der Waals surface area contributed by atoms with Crippen molar-refractivity contribution in [1.29, 1.82) is 0 Å². The van der Waals surface area contributed by atoms with E-state index in [-0.39, 0.29) is 23.8 Å². The zero-order valence-corrected chi connectivity index (χ0v) is 16.6. The number of benzene rings is 1. The lowest BCUT2D eigenvalue weighted by Crippen LogP contribution is -2.34. The Bertz CT molecular complexity index is 1070. The number of phenols is 1. The van der Waals surface area contributed by atoms with Crippen LogP contribution < -0.4 is 10.6 Å². The van der Waals surface area contributed by atoms with E-state index < -0.39 is 17.5 Å². The molecule has 9 nitrogen and oxygen atoms in total. The van der Waals surface area contributed by atoms with Crippen LogP contribution in [0.3, 0.4) is 0 Å². The number of pyridine rings is 1. The van der Waals surface area contributed by atoms with Crippen LogP contribution in [0.5, 0.6) is 5.75 Å². The molecule has 0 amide bonds. The molecule has 3 heterocycles. The quantitative estimate of drug-likeness (QED) is 0.444. The highest BCUT2D eigenvalue weighted by molar-refractivity contribution is 6.00. The van der Waals surface area contributed by atoms with Gasteiger partial charge in [-0.15, -0.1) is 10.2 Å². The van der Waals surface area contributed by atoms with Gasteiger partial charge in [0.15, 0.2) is 5.82 Å². The van der Waals surface area contributed by atoms with Crippen molar-refractivity contribution in [3.8, 4) is 17.0 Å². The molecule has 1 unspecified atom stereocenters. The summed E-state index contributed by atoms with van der Waals surface area (Å²) >= 11 is 0. The number of alkyl halides is 3. The third kappa shape index (κ3) is 5.39. The van der Waals surface area contributed by atoms with Crippen molar-refractivity contribution in [3.05, 3.63) is 42.2 Å². The van der Waals surface area contributed by atoms with Gasteiger partial charge in [0.1, 0.15) is 11.4 Å². The van der Waals surface area contributed by atoms with E-state index in [1.54, 1.807) is 18.5 Å². The highest BCUT2D eigenvalue weighted by Gasteiger charge is 2.31. The maximum Gasteiger partial charge on any atom is 0.416 e. The zero-order valence-electron chi connectivity index (χ0n) is 16.6. The maximum atomic E-state index is 12.9. The number of carboxylic acid groups (broad SMARTS) is 1. The molecular formula is C20H20F3N5O4. The topological polar surface area (TPSA) is 129 Å². The summed E-state index contributed by atoms with van der Waals surface area (Å²) in [7, 11) is 0. The number of halogens is 3. The number of aromatic nitrogens is 3. The highest BCUT2D eigenvalue weighted by atomic mass is 19.4. The number of ether oxygens (including phenoxy) is 1. The van der Waals surface area contributed by atoms with Gasteiger partial charge in [-0.05, 0) is 24.3 Å². The Balaban J connectivity index is 0.000000913. The summed E-state index contributed by atoms with van der Waals surface area (Å²) in [6.07, 6.45) is -1.40. The fraction of sp³-hybridized carbons (Fsp3) is 0.300. The highest BCUT2D eigenvalue weighted by Crippen LogP contribution is 2.38. The van der Waals surface area contributed by atoms with Crippen molar-refractivity contribution < 1.29 is 32.9 Å². The molecule has 1 aromatic carbocycles. The SMILES string of the molecule is O=CO.Oc1cc(C(F)(F)F)ccc1-c1nnc(NC2CNCCOC2)c2cnccc12. The fourth-order valence-electron chi connectivity index (χ4n) is 3.20. The number of anilines is 1. The normalized spacial score (nSPS) is 16.5. The largest absolute Gasteiger partial charge is 0.507 e. The van der Waals surface area contributed by atoms with Crippen LogP contribution in [-0.4, -0.2) is 64.2 Å². The third-order valence-electron chi connectivity index (χ3n) is 4.64. The summed E-state index contributed by atoms with van der Waals surface area (Å²) in [6, 6.07) is 4.44. The van der Waals surface area contributed by atoms with E-state index in [2.05, 4.69) is 25.8 Å². The van der Waals surface area contributed by atoms with Crippen molar-refractivity contribution in [1.82, 2.24) is 20.5 Å². The van der Waals surface area contributed by atoms with Crippen LogP contribution in [0.1, 0.15) is 5.56 Å².